The Labute approximate surface area is 229 Å². The van der Waals surface area contributed by atoms with Gasteiger partial charge in [0.15, 0.2) is 0 Å². The van der Waals surface area contributed by atoms with E-state index >= 15 is 0 Å². The Kier molecular flexibility index (Phi) is 10.1. The molecule has 9 nitrogen and oxygen atoms in total. The standard InChI is InChI=1S/C30H38N4O5/c35-27(13-8-21-14-16-31-17-15-21)34-18-4-7-25(20-34)28(36)32-19-26(30(38)39)33-29(37)24-11-9-23(10-12-24)22-5-2-1-3-6-22/h1-3,5-6,9-12,21,25-26,31H,4,7-8,13-20H2,(H,32,36)(H,33,37)(H,38,39)/t25-,26?/m1/s1. The van der Waals surface area contributed by atoms with E-state index in [2.05, 4.69) is 16.0 Å². The summed E-state index contributed by atoms with van der Waals surface area (Å²) in [5, 5.41) is 18.2. The molecule has 2 aliphatic heterocycles. The van der Waals surface area contributed by atoms with Crippen LogP contribution in [0.4, 0.5) is 0 Å². The Morgan fingerprint density at radius 1 is 0.949 bits per heavy atom. The highest BCUT2D eigenvalue weighted by Crippen LogP contribution is 2.22. The fourth-order valence-electron chi connectivity index (χ4n) is 5.31. The zero-order valence-electron chi connectivity index (χ0n) is 22.2. The summed E-state index contributed by atoms with van der Waals surface area (Å²) in [5.41, 5.74) is 2.29. The number of benzene rings is 2. The van der Waals surface area contributed by atoms with Gasteiger partial charge in [0, 0.05) is 31.6 Å². The zero-order valence-corrected chi connectivity index (χ0v) is 22.2. The first kappa shape index (κ1) is 28.3. The van der Waals surface area contributed by atoms with Crippen LogP contribution in [0.5, 0.6) is 0 Å². The van der Waals surface area contributed by atoms with Crippen LogP contribution in [0.2, 0.25) is 0 Å². The van der Waals surface area contributed by atoms with Gasteiger partial charge in [-0.25, -0.2) is 4.79 Å². The molecule has 0 bridgehead atoms. The largest absolute Gasteiger partial charge is 0.480 e. The maximum absolute atomic E-state index is 12.9. The molecule has 2 aromatic carbocycles. The van der Waals surface area contributed by atoms with Crippen LogP contribution in [-0.2, 0) is 14.4 Å². The molecule has 3 amide bonds. The third kappa shape index (κ3) is 8.13. The highest BCUT2D eigenvalue weighted by atomic mass is 16.4. The molecule has 0 aliphatic carbocycles. The van der Waals surface area contributed by atoms with Gasteiger partial charge >= 0.3 is 5.97 Å². The molecule has 0 aromatic heterocycles. The molecular weight excluding hydrogens is 496 g/mol. The Morgan fingerprint density at radius 3 is 2.33 bits per heavy atom. The minimum atomic E-state index is -1.28. The van der Waals surface area contributed by atoms with Crippen molar-refractivity contribution >= 4 is 23.7 Å². The number of carbonyl (C=O) groups is 4. The molecule has 4 N–H and O–H groups in total. The van der Waals surface area contributed by atoms with E-state index in [1.54, 1.807) is 17.0 Å². The number of rotatable bonds is 10. The number of hydrogen-bond donors (Lipinski definition) is 4. The highest BCUT2D eigenvalue weighted by molar-refractivity contribution is 5.97. The van der Waals surface area contributed by atoms with Gasteiger partial charge in [-0.1, -0.05) is 42.5 Å². The molecule has 2 saturated heterocycles. The Balaban J connectivity index is 1.25. The second-order valence-corrected chi connectivity index (χ2v) is 10.5. The van der Waals surface area contributed by atoms with Gasteiger partial charge in [-0.3, -0.25) is 14.4 Å². The van der Waals surface area contributed by atoms with Gasteiger partial charge in [-0.05, 0) is 74.4 Å². The minimum absolute atomic E-state index is 0.0833. The summed E-state index contributed by atoms with van der Waals surface area (Å²) < 4.78 is 0. The van der Waals surface area contributed by atoms with Crippen molar-refractivity contribution in [2.24, 2.45) is 11.8 Å². The molecule has 2 heterocycles. The van der Waals surface area contributed by atoms with Gasteiger partial charge in [0.25, 0.3) is 5.91 Å². The molecule has 9 heteroatoms. The second kappa shape index (κ2) is 13.9. The second-order valence-electron chi connectivity index (χ2n) is 10.5. The Hall–Kier alpha value is -3.72. The van der Waals surface area contributed by atoms with Crippen molar-refractivity contribution in [2.45, 2.75) is 44.6 Å². The van der Waals surface area contributed by atoms with E-state index in [1.165, 1.54) is 0 Å². The molecule has 1 unspecified atom stereocenters. The number of carboxylic acids is 1. The van der Waals surface area contributed by atoms with Crippen molar-refractivity contribution in [3.8, 4) is 11.1 Å². The van der Waals surface area contributed by atoms with E-state index in [1.807, 2.05) is 42.5 Å². The molecule has 0 saturated carbocycles. The SMILES string of the molecule is O=C(NC(CNC(=O)[C@@H]1CCCN(C(=O)CCC2CCNCC2)C1)C(=O)O)c1ccc(-c2ccccc2)cc1. The van der Waals surface area contributed by atoms with E-state index in [0.29, 0.717) is 37.4 Å². The Morgan fingerprint density at radius 2 is 1.64 bits per heavy atom. The van der Waals surface area contributed by atoms with Crippen LogP contribution in [0.3, 0.4) is 0 Å². The van der Waals surface area contributed by atoms with Crippen molar-refractivity contribution in [1.29, 1.82) is 0 Å². The lowest BCUT2D eigenvalue weighted by Crippen LogP contribution is -2.51. The number of hydrogen-bond acceptors (Lipinski definition) is 5. The molecular formula is C30H38N4O5. The number of carboxylic acid groups (broad SMARTS) is 1. The van der Waals surface area contributed by atoms with E-state index in [-0.39, 0.29) is 18.4 Å². The van der Waals surface area contributed by atoms with E-state index in [4.69, 9.17) is 0 Å². The first-order valence-corrected chi connectivity index (χ1v) is 13.9. The van der Waals surface area contributed by atoms with Crippen molar-refractivity contribution in [3.05, 3.63) is 60.2 Å². The van der Waals surface area contributed by atoms with Crippen LogP contribution in [0.25, 0.3) is 11.1 Å². The fraction of sp³-hybridized carbons (Fsp3) is 0.467. The quantitative estimate of drug-likeness (QED) is 0.371. The highest BCUT2D eigenvalue weighted by Gasteiger charge is 2.30. The minimum Gasteiger partial charge on any atom is -0.480 e. The summed E-state index contributed by atoms with van der Waals surface area (Å²) >= 11 is 0. The first-order valence-electron chi connectivity index (χ1n) is 13.9. The summed E-state index contributed by atoms with van der Waals surface area (Å²) in [4.78, 5) is 51.9. The topological polar surface area (TPSA) is 128 Å². The number of piperidine rings is 2. The molecule has 4 rings (SSSR count). The first-order chi connectivity index (χ1) is 18.9. The summed E-state index contributed by atoms with van der Waals surface area (Å²) in [6.07, 6.45) is 4.94. The van der Waals surface area contributed by atoms with E-state index < -0.39 is 23.8 Å². The lowest BCUT2D eigenvalue weighted by Gasteiger charge is -2.33. The molecule has 2 atom stereocenters. The zero-order chi connectivity index (χ0) is 27.6. The van der Waals surface area contributed by atoms with Crippen LogP contribution in [0.15, 0.2) is 54.6 Å². The molecule has 0 spiro atoms. The van der Waals surface area contributed by atoms with Gasteiger partial charge in [-0.2, -0.15) is 0 Å². The number of aliphatic carboxylic acids is 1. The van der Waals surface area contributed by atoms with Crippen molar-refractivity contribution < 1.29 is 24.3 Å². The number of amides is 3. The number of likely N-dealkylation sites (tertiary alicyclic amines) is 1. The lowest BCUT2D eigenvalue weighted by molar-refractivity contribution is -0.139. The summed E-state index contributed by atoms with van der Waals surface area (Å²) in [7, 11) is 0. The van der Waals surface area contributed by atoms with E-state index in [0.717, 1.165) is 49.9 Å². The van der Waals surface area contributed by atoms with Crippen molar-refractivity contribution in [3.63, 3.8) is 0 Å². The molecule has 2 aromatic rings. The number of carbonyl (C=O) groups excluding carboxylic acids is 3. The van der Waals surface area contributed by atoms with Gasteiger partial charge in [-0.15, -0.1) is 0 Å². The van der Waals surface area contributed by atoms with Gasteiger partial charge in [0.1, 0.15) is 6.04 Å². The smallest absolute Gasteiger partial charge is 0.328 e. The van der Waals surface area contributed by atoms with Crippen molar-refractivity contribution in [2.75, 3.05) is 32.7 Å². The van der Waals surface area contributed by atoms with E-state index in [9.17, 15) is 24.3 Å². The molecule has 0 radical (unpaired) electrons. The number of nitrogens with one attached hydrogen (secondary N) is 3. The third-order valence-electron chi connectivity index (χ3n) is 7.71. The van der Waals surface area contributed by atoms with Crippen LogP contribution >= 0.6 is 0 Å². The molecule has 2 fully saturated rings. The molecule has 2 aliphatic rings. The predicted molar refractivity (Wildman–Crippen MR) is 148 cm³/mol. The average molecular weight is 535 g/mol. The summed E-state index contributed by atoms with van der Waals surface area (Å²) in [6, 6.07) is 15.4. The maximum atomic E-state index is 12.9. The van der Waals surface area contributed by atoms with Crippen LogP contribution < -0.4 is 16.0 Å². The molecule has 39 heavy (non-hydrogen) atoms. The molecule has 208 valence electrons. The summed E-state index contributed by atoms with van der Waals surface area (Å²) in [5.74, 6) is -1.79. The fourth-order valence-corrected chi connectivity index (χ4v) is 5.31. The van der Waals surface area contributed by atoms with Gasteiger partial charge < -0.3 is 26.0 Å². The van der Waals surface area contributed by atoms with Gasteiger partial charge in [0.2, 0.25) is 11.8 Å². The lowest BCUT2D eigenvalue weighted by atomic mass is 9.92. The monoisotopic (exact) mass is 534 g/mol. The van der Waals surface area contributed by atoms with Crippen LogP contribution in [-0.4, -0.2) is 72.5 Å². The van der Waals surface area contributed by atoms with Crippen LogP contribution in [0, 0.1) is 11.8 Å². The summed E-state index contributed by atoms with van der Waals surface area (Å²) in [6.45, 7) is 2.76. The average Bonchev–Trinajstić information content (AvgIpc) is 2.98. The third-order valence-corrected chi connectivity index (χ3v) is 7.71. The van der Waals surface area contributed by atoms with Crippen molar-refractivity contribution in [1.82, 2.24) is 20.9 Å². The normalized spacial score (nSPS) is 18.7. The number of nitrogens with zero attached hydrogens (tertiary/aromatic N) is 1. The predicted octanol–water partition coefficient (Wildman–Crippen LogP) is 2.67. The van der Waals surface area contributed by atoms with Crippen LogP contribution in [0.1, 0.15) is 48.9 Å². The maximum Gasteiger partial charge on any atom is 0.328 e. The Bertz CT molecular complexity index is 1130. The van der Waals surface area contributed by atoms with Gasteiger partial charge in [0.05, 0.1) is 5.92 Å².